The van der Waals surface area contributed by atoms with E-state index in [2.05, 4.69) is 4.90 Å². The van der Waals surface area contributed by atoms with Gasteiger partial charge in [-0.1, -0.05) is 18.2 Å². The molecule has 6 nitrogen and oxygen atoms in total. The van der Waals surface area contributed by atoms with Crippen LogP contribution in [0.4, 0.5) is 5.69 Å². The molecule has 5 rings (SSSR count). The average molecular weight is 446 g/mol. The highest BCUT2D eigenvalue weighted by Crippen LogP contribution is 2.39. The van der Waals surface area contributed by atoms with E-state index < -0.39 is 0 Å². The second-order valence-corrected chi connectivity index (χ2v) is 9.30. The van der Waals surface area contributed by atoms with Crippen molar-refractivity contribution in [1.82, 2.24) is 9.88 Å². The number of nitrogens with zero attached hydrogens (tertiary/aromatic N) is 2. The molecule has 1 saturated heterocycles. The van der Waals surface area contributed by atoms with Crippen molar-refractivity contribution in [1.29, 1.82) is 0 Å². The number of Topliss-reactive ketones (excluding diaryl/α,β-unsaturated/α-hetero) is 1. The SMILES string of the molecule is COc1cc2c(cc1OC)C(=O)C(CC1CCN(Cc3cc(N)c4ccccc4n3)CC1)C2. The molecule has 172 valence electrons. The summed E-state index contributed by atoms with van der Waals surface area (Å²) in [6.45, 7) is 2.86. The van der Waals surface area contributed by atoms with Gasteiger partial charge in [-0.05, 0) is 74.5 Å². The van der Waals surface area contributed by atoms with Crippen LogP contribution >= 0.6 is 0 Å². The molecule has 0 spiro atoms. The van der Waals surface area contributed by atoms with Crippen molar-refractivity contribution in [2.45, 2.75) is 32.2 Å². The molecule has 1 aromatic heterocycles. The fourth-order valence-corrected chi connectivity index (χ4v) is 5.44. The molecule has 0 saturated carbocycles. The largest absolute Gasteiger partial charge is 0.493 e. The summed E-state index contributed by atoms with van der Waals surface area (Å²) in [7, 11) is 3.24. The van der Waals surface area contributed by atoms with Crippen molar-refractivity contribution in [3.63, 3.8) is 0 Å². The number of pyridine rings is 1. The second kappa shape index (κ2) is 9.02. The number of carbonyl (C=O) groups excluding carboxylic acids is 1. The Bertz CT molecular complexity index is 1180. The zero-order chi connectivity index (χ0) is 22.9. The minimum Gasteiger partial charge on any atom is -0.493 e. The third-order valence-electron chi connectivity index (χ3n) is 7.22. The van der Waals surface area contributed by atoms with Crippen molar-refractivity contribution in [3.05, 3.63) is 59.3 Å². The molecule has 1 aliphatic carbocycles. The first-order valence-electron chi connectivity index (χ1n) is 11.7. The van der Waals surface area contributed by atoms with Crippen LogP contribution < -0.4 is 15.2 Å². The van der Waals surface area contributed by atoms with E-state index in [1.807, 2.05) is 42.5 Å². The van der Waals surface area contributed by atoms with Gasteiger partial charge in [0.2, 0.25) is 0 Å². The first-order valence-corrected chi connectivity index (χ1v) is 11.7. The van der Waals surface area contributed by atoms with Crippen LogP contribution in [0, 0.1) is 11.8 Å². The van der Waals surface area contributed by atoms with Crippen molar-refractivity contribution in [2.75, 3.05) is 33.0 Å². The molecule has 1 aliphatic heterocycles. The highest BCUT2D eigenvalue weighted by molar-refractivity contribution is 6.03. The number of carbonyl (C=O) groups is 1. The summed E-state index contributed by atoms with van der Waals surface area (Å²) in [5, 5.41) is 1.01. The fraction of sp³-hybridized carbons (Fsp3) is 0.407. The number of hydrogen-bond donors (Lipinski definition) is 1. The van der Waals surface area contributed by atoms with Gasteiger partial charge < -0.3 is 15.2 Å². The van der Waals surface area contributed by atoms with Crippen molar-refractivity contribution >= 4 is 22.4 Å². The fourth-order valence-electron chi connectivity index (χ4n) is 5.44. The molecule has 0 bridgehead atoms. The Labute approximate surface area is 194 Å². The lowest BCUT2D eigenvalue weighted by Crippen LogP contribution is -2.34. The molecule has 2 N–H and O–H groups in total. The van der Waals surface area contributed by atoms with E-state index in [0.29, 0.717) is 17.4 Å². The Morgan fingerprint density at radius 2 is 1.79 bits per heavy atom. The Morgan fingerprint density at radius 1 is 1.06 bits per heavy atom. The van der Waals surface area contributed by atoms with Gasteiger partial charge in [0.15, 0.2) is 17.3 Å². The molecule has 2 aliphatic rings. The highest BCUT2D eigenvalue weighted by Gasteiger charge is 2.34. The van der Waals surface area contributed by atoms with Crippen LogP contribution in [0.1, 0.15) is 40.9 Å². The van der Waals surface area contributed by atoms with Crippen LogP contribution in [0.2, 0.25) is 0 Å². The van der Waals surface area contributed by atoms with E-state index in [-0.39, 0.29) is 11.7 Å². The Morgan fingerprint density at radius 3 is 2.55 bits per heavy atom. The maximum atomic E-state index is 13.1. The maximum Gasteiger partial charge on any atom is 0.166 e. The number of rotatable bonds is 6. The number of nitrogen functional groups attached to an aromatic ring is 1. The van der Waals surface area contributed by atoms with Gasteiger partial charge in [-0.25, -0.2) is 0 Å². The Hall–Kier alpha value is -3.12. The molecule has 1 unspecified atom stereocenters. The third kappa shape index (κ3) is 4.27. The van der Waals surface area contributed by atoms with E-state index in [9.17, 15) is 4.79 Å². The van der Waals surface area contributed by atoms with E-state index in [1.165, 1.54) is 0 Å². The zero-order valence-corrected chi connectivity index (χ0v) is 19.3. The van der Waals surface area contributed by atoms with Gasteiger partial charge in [0.05, 0.1) is 25.4 Å². The Kier molecular flexibility index (Phi) is 5.94. The smallest absolute Gasteiger partial charge is 0.166 e. The van der Waals surface area contributed by atoms with E-state index in [0.717, 1.165) is 78.7 Å². The van der Waals surface area contributed by atoms with Crippen LogP contribution in [0.25, 0.3) is 10.9 Å². The second-order valence-electron chi connectivity index (χ2n) is 9.30. The molecule has 0 radical (unpaired) electrons. The monoisotopic (exact) mass is 445 g/mol. The quantitative estimate of drug-likeness (QED) is 0.602. The minimum atomic E-state index is 0.0651. The number of ether oxygens (including phenoxy) is 2. The molecule has 0 amide bonds. The third-order valence-corrected chi connectivity index (χ3v) is 7.22. The summed E-state index contributed by atoms with van der Waals surface area (Å²) < 4.78 is 10.8. The molecule has 1 atom stereocenters. The summed E-state index contributed by atoms with van der Waals surface area (Å²) in [4.78, 5) is 20.3. The molecule has 6 heteroatoms. The van der Waals surface area contributed by atoms with Crippen LogP contribution in [0.15, 0.2) is 42.5 Å². The number of benzene rings is 2. The van der Waals surface area contributed by atoms with Crippen LogP contribution in [0.3, 0.4) is 0 Å². The number of ketones is 1. The highest BCUT2D eigenvalue weighted by atomic mass is 16.5. The number of hydrogen-bond acceptors (Lipinski definition) is 6. The normalized spacial score (nSPS) is 19.1. The van der Waals surface area contributed by atoms with E-state index >= 15 is 0 Å². The number of aromatic nitrogens is 1. The van der Waals surface area contributed by atoms with Crippen molar-refractivity contribution in [2.24, 2.45) is 11.8 Å². The summed E-state index contributed by atoms with van der Waals surface area (Å²) in [5.74, 6) is 2.21. The van der Waals surface area contributed by atoms with Crippen molar-refractivity contribution < 1.29 is 14.3 Å². The molecular weight excluding hydrogens is 414 g/mol. The van der Waals surface area contributed by atoms with Crippen molar-refractivity contribution in [3.8, 4) is 11.5 Å². The van der Waals surface area contributed by atoms with Gasteiger partial charge in [-0.15, -0.1) is 0 Å². The van der Waals surface area contributed by atoms with Crippen LogP contribution in [0.5, 0.6) is 11.5 Å². The maximum absolute atomic E-state index is 13.1. The number of likely N-dealkylation sites (tertiary alicyclic amines) is 1. The lowest BCUT2D eigenvalue weighted by molar-refractivity contribution is 0.0895. The van der Waals surface area contributed by atoms with Gasteiger partial charge >= 0.3 is 0 Å². The van der Waals surface area contributed by atoms with Crippen LogP contribution in [-0.4, -0.2) is 43.0 Å². The van der Waals surface area contributed by atoms with Gasteiger partial charge in [-0.3, -0.25) is 14.7 Å². The first kappa shape index (κ1) is 21.7. The molecule has 3 aromatic rings. The predicted octanol–water partition coefficient (Wildman–Crippen LogP) is 4.49. The van der Waals surface area contributed by atoms with Gasteiger partial charge in [0, 0.05) is 29.1 Å². The topological polar surface area (TPSA) is 77.7 Å². The number of methoxy groups -OCH3 is 2. The van der Waals surface area contributed by atoms with E-state index in [4.69, 9.17) is 20.2 Å². The van der Waals surface area contributed by atoms with Crippen LogP contribution in [-0.2, 0) is 13.0 Å². The Balaban J connectivity index is 1.19. The lowest BCUT2D eigenvalue weighted by Gasteiger charge is -2.32. The summed E-state index contributed by atoms with van der Waals surface area (Å²) in [5.41, 5.74) is 10.9. The molecule has 2 heterocycles. The number of para-hydroxylation sites is 1. The van der Waals surface area contributed by atoms with Gasteiger partial charge in [0.25, 0.3) is 0 Å². The lowest BCUT2D eigenvalue weighted by atomic mass is 9.85. The molecule has 33 heavy (non-hydrogen) atoms. The summed E-state index contributed by atoms with van der Waals surface area (Å²) in [6, 6.07) is 13.8. The van der Waals surface area contributed by atoms with Gasteiger partial charge in [0.1, 0.15) is 0 Å². The molecular formula is C27H31N3O3. The number of fused-ring (bicyclic) bond motifs is 2. The predicted molar refractivity (Wildman–Crippen MR) is 130 cm³/mol. The standard InChI is InChI=1S/C27H31N3O3/c1-32-25-13-18-12-19(27(31)22(18)15-26(25)33-2)11-17-7-9-30(10-8-17)16-20-14-23(28)21-5-3-4-6-24(21)29-20/h3-6,13-15,17,19H,7-12,16H2,1-2H3,(H2,28,29). The minimum absolute atomic E-state index is 0.0651. The zero-order valence-electron chi connectivity index (χ0n) is 19.3. The molecule has 1 fully saturated rings. The number of anilines is 1. The average Bonchev–Trinajstić information content (AvgIpc) is 3.13. The summed E-state index contributed by atoms with van der Waals surface area (Å²) in [6.07, 6.45) is 3.97. The van der Waals surface area contributed by atoms with E-state index in [1.54, 1.807) is 14.2 Å². The number of nitrogens with two attached hydrogens (primary N) is 1. The van der Waals surface area contributed by atoms with Gasteiger partial charge in [-0.2, -0.15) is 0 Å². The molecule has 2 aromatic carbocycles. The first-order chi connectivity index (χ1) is 16.1. The number of piperidine rings is 1. The summed E-state index contributed by atoms with van der Waals surface area (Å²) >= 11 is 0.